The second-order valence-electron chi connectivity index (χ2n) is 5.12. The summed E-state index contributed by atoms with van der Waals surface area (Å²) in [5, 5.41) is 6.51. The van der Waals surface area contributed by atoms with E-state index in [1.807, 2.05) is 13.0 Å². The third kappa shape index (κ3) is 3.96. The van der Waals surface area contributed by atoms with E-state index in [4.69, 9.17) is 10.5 Å². The minimum atomic E-state index is 0.294. The number of nitrogens with one attached hydrogen (secondary N) is 2. The molecule has 1 aliphatic rings. The average Bonchev–Trinajstić information content (AvgIpc) is 3.15. The molecule has 1 aromatic heterocycles. The summed E-state index contributed by atoms with van der Waals surface area (Å²) in [6.45, 7) is 4.57. The van der Waals surface area contributed by atoms with E-state index in [0.29, 0.717) is 11.4 Å². The van der Waals surface area contributed by atoms with Crippen LogP contribution in [0.3, 0.4) is 0 Å². The summed E-state index contributed by atoms with van der Waals surface area (Å²) in [6, 6.07) is 1.90. The minimum absolute atomic E-state index is 0.294. The molecule has 0 radical (unpaired) electrons. The molecule has 0 spiro atoms. The van der Waals surface area contributed by atoms with Gasteiger partial charge in [-0.3, -0.25) is 0 Å². The Balaban J connectivity index is 1.92. The standard InChI is InChI=1S/C13H23N5O/c1-3-15-10-8-11(18-12(14)17-10)16-9-13(4-5-13)6-7-19-2/h8H,3-7,9H2,1-2H3,(H4,14,15,16,17,18). The average molecular weight is 265 g/mol. The maximum Gasteiger partial charge on any atom is 0.223 e. The number of aromatic nitrogens is 2. The Kier molecular flexibility index (Phi) is 4.42. The molecule has 1 heterocycles. The van der Waals surface area contributed by atoms with Gasteiger partial charge in [0.05, 0.1) is 0 Å². The van der Waals surface area contributed by atoms with E-state index in [1.165, 1.54) is 12.8 Å². The third-order valence-corrected chi connectivity index (χ3v) is 3.54. The van der Waals surface area contributed by atoms with Crippen LogP contribution in [0.2, 0.25) is 0 Å². The second-order valence-corrected chi connectivity index (χ2v) is 5.12. The van der Waals surface area contributed by atoms with Crippen LogP contribution in [-0.2, 0) is 4.74 Å². The van der Waals surface area contributed by atoms with E-state index in [0.717, 1.165) is 37.8 Å². The lowest BCUT2D eigenvalue weighted by Crippen LogP contribution is -2.18. The topological polar surface area (TPSA) is 85.1 Å². The van der Waals surface area contributed by atoms with E-state index in [2.05, 4.69) is 20.6 Å². The van der Waals surface area contributed by atoms with Crippen LogP contribution in [0.25, 0.3) is 0 Å². The number of nitrogens with two attached hydrogens (primary N) is 1. The van der Waals surface area contributed by atoms with Crippen molar-refractivity contribution in [2.75, 3.05) is 43.2 Å². The van der Waals surface area contributed by atoms with Crippen molar-refractivity contribution < 1.29 is 4.74 Å². The molecule has 19 heavy (non-hydrogen) atoms. The Morgan fingerprint density at radius 3 is 2.58 bits per heavy atom. The first kappa shape index (κ1) is 13.9. The molecule has 2 rings (SSSR count). The monoisotopic (exact) mass is 265 g/mol. The number of methoxy groups -OCH3 is 1. The van der Waals surface area contributed by atoms with Gasteiger partial charge in [0.2, 0.25) is 5.95 Å². The summed E-state index contributed by atoms with van der Waals surface area (Å²) < 4.78 is 5.16. The van der Waals surface area contributed by atoms with E-state index < -0.39 is 0 Å². The largest absolute Gasteiger partial charge is 0.385 e. The number of hydrogen-bond acceptors (Lipinski definition) is 6. The predicted octanol–water partition coefficient (Wildman–Crippen LogP) is 1.72. The molecular weight excluding hydrogens is 242 g/mol. The number of nitrogen functional groups attached to an aromatic ring is 1. The molecule has 6 nitrogen and oxygen atoms in total. The SMILES string of the molecule is CCNc1cc(NCC2(CCOC)CC2)nc(N)n1. The summed E-state index contributed by atoms with van der Waals surface area (Å²) in [5.41, 5.74) is 6.09. The summed E-state index contributed by atoms with van der Waals surface area (Å²) in [6.07, 6.45) is 3.60. The smallest absolute Gasteiger partial charge is 0.223 e. The molecule has 0 amide bonds. The van der Waals surface area contributed by atoms with Crippen LogP contribution in [-0.4, -0.2) is 36.8 Å². The van der Waals surface area contributed by atoms with E-state index >= 15 is 0 Å². The lowest BCUT2D eigenvalue weighted by atomic mass is 10.0. The van der Waals surface area contributed by atoms with Crippen LogP contribution in [0.4, 0.5) is 17.6 Å². The van der Waals surface area contributed by atoms with Gasteiger partial charge < -0.3 is 21.1 Å². The van der Waals surface area contributed by atoms with Gasteiger partial charge in [-0.2, -0.15) is 9.97 Å². The maximum absolute atomic E-state index is 5.70. The van der Waals surface area contributed by atoms with E-state index in [9.17, 15) is 0 Å². The zero-order valence-corrected chi connectivity index (χ0v) is 11.7. The van der Waals surface area contributed by atoms with Gasteiger partial charge in [-0.05, 0) is 31.6 Å². The van der Waals surface area contributed by atoms with Gasteiger partial charge in [0, 0.05) is 32.9 Å². The first-order valence-electron chi connectivity index (χ1n) is 6.79. The van der Waals surface area contributed by atoms with Crippen molar-refractivity contribution in [3.8, 4) is 0 Å². The van der Waals surface area contributed by atoms with E-state index in [1.54, 1.807) is 7.11 Å². The fourth-order valence-corrected chi connectivity index (χ4v) is 2.12. The van der Waals surface area contributed by atoms with Crippen LogP contribution in [0, 0.1) is 5.41 Å². The molecule has 0 atom stereocenters. The third-order valence-electron chi connectivity index (χ3n) is 3.54. The number of hydrogen-bond donors (Lipinski definition) is 3. The number of anilines is 3. The highest BCUT2D eigenvalue weighted by Gasteiger charge is 2.41. The molecule has 0 bridgehead atoms. The van der Waals surface area contributed by atoms with Crippen molar-refractivity contribution in [3.63, 3.8) is 0 Å². The highest BCUT2D eigenvalue weighted by molar-refractivity contribution is 5.51. The fraction of sp³-hybridized carbons (Fsp3) is 0.692. The quantitative estimate of drug-likeness (QED) is 0.663. The van der Waals surface area contributed by atoms with Crippen molar-refractivity contribution in [2.45, 2.75) is 26.2 Å². The van der Waals surface area contributed by atoms with Crippen LogP contribution >= 0.6 is 0 Å². The molecular formula is C13H23N5O. The van der Waals surface area contributed by atoms with Crippen molar-refractivity contribution in [2.24, 2.45) is 5.41 Å². The highest BCUT2D eigenvalue weighted by Crippen LogP contribution is 2.48. The predicted molar refractivity (Wildman–Crippen MR) is 77.3 cm³/mol. The molecule has 1 aliphatic carbocycles. The molecule has 1 fully saturated rings. The first-order valence-corrected chi connectivity index (χ1v) is 6.79. The molecule has 4 N–H and O–H groups in total. The van der Waals surface area contributed by atoms with Gasteiger partial charge in [0.25, 0.3) is 0 Å². The minimum Gasteiger partial charge on any atom is -0.385 e. The van der Waals surface area contributed by atoms with Gasteiger partial charge in [-0.25, -0.2) is 0 Å². The van der Waals surface area contributed by atoms with Gasteiger partial charge in [0.1, 0.15) is 11.6 Å². The molecule has 106 valence electrons. The Morgan fingerprint density at radius 1 is 1.32 bits per heavy atom. The molecule has 0 aromatic carbocycles. The van der Waals surface area contributed by atoms with Crippen molar-refractivity contribution in [1.29, 1.82) is 0 Å². The van der Waals surface area contributed by atoms with Crippen molar-refractivity contribution >= 4 is 17.6 Å². The Bertz CT molecular complexity index is 419. The zero-order valence-electron chi connectivity index (χ0n) is 11.7. The number of nitrogens with zero attached hydrogens (tertiary/aromatic N) is 2. The molecule has 0 unspecified atom stereocenters. The van der Waals surface area contributed by atoms with Crippen LogP contribution in [0.1, 0.15) is 26.2 Å². The van der Waals surface area contributed by atoms with Crippen molar-refractivity contribution in [1.82, 2.24) is 9.97 Å². The molecule has 1 aromatic rings. The lowest BCUT2D eigenvalue weighted by Gasteiger charge is -2.16. The fourth-order valence-electron chi connectivity index (χ4n) is 2.12. The van der Waals surface area contributed by atoms with Crippen molar-refractivity contribution in [3.05, 3.63) is 6.07 Å². The van der Waals surface area contributed by atoms with Crippen LogP contribution in [0.5, 0.6) is 0 Å². The summed E-state index contributed by atoms with van der Waals surface area (Å²) in [7, 11) is 1.75. The Morgan fingerprint density at radius 2 is 2.00 bits per heavy atom. The van der Waals surface area contributed by atoms with E-state index in [-0.39, 0.29) is 0 Å². The summed E-state index contributed by atoms with van der Waals surface area (Å²) in [5.74, 6) is 1.84. The Labute approximate surface area is 114 Å². The van der Waals surface area contributed by atoms with Gasteiger partial charge >= 0.3 is 0 Å². The maximum atomic E-state index is 5.70. The molecule has 0 aliphatic heterocycles. The molecule has 1 saturated carbocycles. The highest BCUT2D eigenvalue weighted by atomic mass is 16.5. The number of rotatable bonds is 8. The summed E-state index contributed by atoms with van der Waals surface area (Å²) in [4.78, 5) is 8.34. The van der Waals surface area contributed by atoms with Crippen LogP contribution < -0.4 is 16.4 Å². The lowest BCUT2D eigenvalue weighted by molar-refractivity contribution is 0.175. The molecule has 0 saturated heterocycles. The molecule has 6 heteroatoms. The summed E-state index contributed by atoms with van der Waals surface area (Å²) >= 11 is 0. The Hall–Kier alpha value is -1.56. The van der Waals surface area contributed by atoms with Gasteiger partial charge in [0.15, 0.2) is 0 Å². The van der Waals surface area contributed by atoms with Crippen LogP contribution in [0.15, 0.2) is 6.07 Å². The number of ether oxygens (including phenoxy) is 1. The van der Waals surface area contributed by atoms with Gasteiger partial charge in [-0.15, -0.1) is 0 Å². The zero-order chi connectivity index (χ0) is 13.7. The van der Waals surface area contributed by atoms with Gasteiger partial charge in [-0.1, -0.05) is 0 Å². The second kappa shape index (κ2) is 6.06. The normalized spacial score (nSPS) is 16.1. The first-order chi connectivity index (χ1) is 9.17.